The zero-order valence-electron chi connectivity index (χ0n) is 23.1. The highest BCUT2D eigenvalue weighted by Crippen LogP contribution is 2.40. The molecule has 0 spiro atoms. The fourth-order valence-electron chi connectivity index (χ4n) is 6.07. The summed E-state index contributed by atoms with van der Waals surface area (Å²) in [5.41, 5.74) is 6.10. The summed E-state index contributed by atoms with van der Waals surface area (Å²) < 4.78 is 11.6. The Kier molecular flexibility index (Phi) is 9.27. The standard InChI is InChI=1S/C33H42N2O4/c1-38-31-13-14-32(28-8-7-27-22-29(37)10-9-26(27)21-28)33(23-31)35(17-19-36)24-25-5-11-30(12-6-25)39-20-18-34-15-3-2-4-16-34/h5-6,9-14,22-23,28,36-37H,2-4,7-8,15-21,24H2,1H3/t28-/m1/s1. The van der Waals surface area contributed by atoms with E-state index in [9.17, 15) is 10.2 Å². The molecule has 0 aromatic heterocycles. The molecule has 39 heavy (non-hydrogen) atoms. The molecule has 0 unspecified atom stereocenters. The Labute approximate surface area is 232 Å². The number of likely N-dealkylation sites (tertiary alicyclic amines) is 1. The number of piperidine rings is 1. The van der Waals surface area contributed by atoms with E-state index in [1.165, 1.54) is 54.6 Å². The number of rotatable bonds is 11. The van der Waals surface area contributed by atoms with Crippen LogP contribution in [0.5, 0.6) is 17.2 Å². The van der Waals surface area contributed by atoms with Crippen LogP contribution in [0.3, 0.4) is 0 Å². The van der Waals surface area contributed by atoms with E-state index in [0.717, 1.165) is 43.0 Å². The van der Waals surface area contributed by atoms with E-state index in [0.29, 0.717) is 31.4 Å². The van der Waals surface area contributed by atoms with Gasteiger partial charge in [-0.05, 0) is 104 Å². The number of fused-ring (bicyclic) bond motifs is 1. The molecule has 6 heteroatoms. The Bertz CT molecular complexity index is 1210. The monoisotopic (exact) mass is 530 g/mol. The fourth-order valence-corrected chi connectivity index (χ4v) is 6.07. The molecule has 6 nitrogen and oxygen atoms in total. The highest BCUT2D eigenvalue weighted by Gasteiger charge is 2.25. The number of hydrogen-bond donors (Lipinski definition) is 2. The number of phenols is 1. The number of methoxy groups -OCH3 is 1. The number of benzene rings is 3. The molecule has 0 bridgehead atoms. The van der Waals surface area contributed by atoms with Crippen molar-refractivity contribution in [3.05, 3.63) is 82.9 Å². The van der Waals surface area contributed by atoms with Crippen LogP contribution in [0.25, 0.3) is 0 Å². The van der Waals surface area contributed by atoms with Crippen LogP contribution in [0.15, 0.2) is 60.7 Å². The molecular formula is C33H42N2O4. The summed E-state index contributed by atoms with van der Waals surface area (Å²) in [4.78, 5) is 4.75. The Balaban J connectivity index is 1.29. The molecule has 1 heterocycles. The summed E-state index contributed by atoms with van der Waals surface area (Å²) >= 11 is 0. The summed E-state index contributed by atoms with van der Waals surface area (Å²) in [5.74, 6) is 2.42. The van der Waals surface area contributed by atoms with Crippen LogP contribution in [0.1, 0.15) is 53.9 Å². The van der Waals surface area contributed by atoms with E-state index >= 15 is 0 Å². The summed E-state index contributed by atoms with van der Waals surface area (Å²) in [6.07, 6.45) is 6.85. The van der Waals surface area contributed by atoms with Crippen LogP contribution >= 0.6 is 0 Å². The molecule has 5 rings (SSSR count). The zero-order valence-corrected chi connectivity index (χ0v) is 23.1. The predicted octanol–water partition coefficient (Wildman–Crippen LogP) is 5.54. The lowest BCUT2D eigenvalue weighted by molar-refractivity contribution is 0.183. The van der Waals surface area contributed by atoms with Gasteiger partial charge in [0.05, 0.1) is 13.7 Å². The minimum Gasteiger partial charge on any atom is -0.508 e. The Morgan fingerprint density at radius 2 is 1.72 bits per heavy atom. The Morgan fingerprint density at radius 1 is 0.923 bits per heavy atom. The molecular weight excluding hydrogens is 488 g/mol. The van der Waals surface area contributed by atoms with Gasteiger partial charge in [0.1, 0.15) is 23.9 Å². The van der Waals surface area contributed by atoms with Crippen LogP contribution in [-0.4, -0.2) is 61.6 Å². The number of ether oxygens (including phenoxy) is 2. The third kappa shape index (κ3) is 7.06. The van der Waals surface area contributed by atoms with Gasteiger partial charge in [-0.15, -0.1) is 0 Å². The van der Waals surface area contributed by atoms with Crippen molar-refractivity contribution in [1.29, 1.82) is 0 Å². The maximum absolute atomic E-state index is 9.99. The SMILES string of the molecule is COc1ccc([C@@H]2CCc3cc(O)ccc3C2)c(N(CCO)Cc2ccc(OCCN3CCCCC3)cc2)c1. The summed E-state index contributed by atoms with van der Waals surface area (Å²) in [5, 5.41) is 19.9. The van der Waals surface area contributed by atoms with E-state index in [1.54, 1.807) is 13.2 Å². The second-order valence-electron chi connectivity index (χ2n) is 10.9. The zero-order chi connectivity index (χ0) is 27.0. The molecule has 1 saturated heterocycles. The Morgan fingerprint density at radius 3 is 2.49 bits per heavy atom. The molecule has 1 fully saturated rings. The molecule has 3 aromatic rings. The fraction of sp³-hybridized carbons (Fsp3) is 0.455. The number of phenolic OH excluding ortho intramolecular Hbond substituents is 1. The third-order valence-electron chi connectivity index (χ3n) is 8.23. The largest absolute Gasteiger partial charge is 0.508 e. The van der Waals surface area contributed by atoms with Crippen molar-refractivity contribution in [3.8, 4) is 17.2 Å². The summed E-state index contributed by atoms with van der Waals surface area (Å²) in [7, 11) is 1.70. The van der Waals surface area contributed by atoms with Crippen molar-refractivity contribution in [2.24, 2.45) is 0 Å². The van der Waals surface area contributed by atoms with Crippen LogP contribution in [0.4, 0.5) is 5.69 Å². The number of anilines is 1. The number of aryl methyl sites for hydroxylation is 1. The van der Waals surface area contributed by atoms with Gasteiger partial charge in [-0.1, -0.05) is 30.7 Å². The first-order valence-corrected chi connectivity index (χ1v) is 14.4. The minimum absolute atomic E-state index is 0.0706. The second-order valence-corrected chi connectivity index (χ2v) is 10.9. The molecule has 1 aliphatic carbocycles. The average molecular weight is 531 g/mol. The molecule has 0 amide bonds. The molecule has 208 valence electrons. The molecule has 3 aromatic carbocycles. The van der Waals surface area contributed by atoms with Gasteiger partial charge in [-0.3, -0.25) is 4.90 Å². The van der Waals surface area contributed by atoms with Gasteiger partial charge >= 0.3 is 0 Å². The number of hydrogen-bond acceptors (Lipinski definition) is 6. The van der Waals surface area contributed by atoms with Crippen molar-refractivity contribution >= 4 is 5.69 Å². The predicted molar refractivity (Wildman–Crippen MR) is 156 cm³/mol. The highest BCUT2D eigenvalue weighted by atomic mass is 16.5. The topological polar surface area (TPSA) is 65.4 Å². The quantitative estimate of drug-likeness (QED) is 0.340. The maximum Gasteiger partial charge on any atom is 0.120 e. The second kappa shape index (κ2) is 13.2. The Hall–Kier alpha value is -3.22. The van der Waals surface area contributed by atoms with Gasteiger partial charge in [0.2, 0.25) is 0 Å². The van der Waals surface area contributed by atoms with Crippen molar-refractivity contribution in [2.75, 3.05) is 51.4 Å². The van der Waals surface area contributed by atoms with Crippen LogP contribution in [0.2, 0.25) is 0 Å². The highest BCUT2D eigenvalue weighted by molar-refractivity contribution is 5.60. The van der Waals surface area contributed by atoms with Gasteiger partial charge in [-0.25, -0.2) is 0 Å². The lowest BCUT2D eigenvalue weighted by Gasteiger charge is -2.32. The first-order chi connectivity index (χ1) is 19.1. The first kappa shape index (κ1) is 27.4. The van der Waals surface area contributed by atoms with Crippen molar-refractivity contribution < 1.29 is 19.7 Å². The number of aliphatic hydroxyl groups excluding tert-OH is 1. The first-order valence-electron chi connectivity index (χ1n) is 14.4. The lowest BCUT2D eigenvalue weighted by atomic mass is 9.79. The molecule has 2 N–H and O–H groups in total. The van der Waals surface area contributed by atoms with Gasteiger partial charge in [0.15, 0.2) is 0 Å². The number of aliphatic hydroxyl groups is 1. The van der Waals surface area contributed by atoms with Gasteiger partial charge < -0.3 is 24.6 Å². The van der Waals surface area contributed by atoms with Crippen LogP contribution < -0.4 is 14.4 Å². The number of aromatic hydroxyl groups is 1. The average Bonchev–Trinajstić information content (AvgIpc) is 2.98. The summed E-state index contributed by atoms with van der Waals surface area (Å²) in [6.45, 7) is 5.36. The molecule has 1 aliphatic heterocycles. The molecule has 0 saturated carbocycles. The van der Waals surface area contributed by atoms with Crippen LogP contribution in [0, 0.1) is 0 Å². The normalized spacial score (nSPS) is 17.4. The van der Waals surface area contributed by atoms with Crippen LogP contribution in [-0.2, 0) is 19.4 Å². The van der Waals surface area contributed by atoms with E-state index in [4.69, 9.17) is 9.47 Å². The van der Waals surface area contributed by atoms with Gasteiger partial charge in [-0.2, -0.15) is 0 Å². The number of nitrogens with zero attached hydrogens (tertiary/aromatic N) is 2. The van der Waals surface area contributed by atoms with Crippen molar-refractivity contribution in [1.82, 2.24) is 4.90 Å². The third-order valence-corrected chi connectivity index (χ3v) is 8.23. The maximum atomic E-state index is 9.99. The molecule has 0 radical (unpaired) electrons. The van der Waals surface area contributed by atoms with Crippen molar-refractivity contribution in [3.63, 3.8) is 0 Å². The molecule has 2 aliphatic rings. The van der Waals surface area contributed by atoms with E-state index < -0.39 is 0 Å². The van der Waals surface area contributed by atoms with Gasteiger partial charge in [0, 0.05) is 31.4 Å². The van der Waals surface area contributed by atoms with E-state index in [2.05, 4.69) is 52.3 Å². The smallest absolute Gasteiger partial charge is 0.120 e. The lowest BCUT2D eigenvalue weighted by Crippen LogP contribution is -2.33. The van der Waals surface area contributed by atoms with Gasteiger partial charge in [0.25, 0.3) is 0 Å². The minimum atomic E-state index is 0.0706. The summed E-state index contributed by atoms with van der Waals surface area (Å²) in [6, 6.07) is 20.5. The van der Waals surface area contributed by atoms with Crippen molar-refractivity contribution in [2.45, 2.75) is 51.0 Å². The van der Waals surface area contributed by atoms with E-state index in [-0.39, 0.29) is 6.61 Å². The van der Waals surface area contributed by atoms with E-state index in [1.807, 2.05) is 12.1 Å². The molecule has 1 atom stereocenters.